The van der Waals surface area contributed by atoms with Gasteiger partial charge in [0.15, 0.2) is 0 Å². The van der Waals surface area contributed by atoms with Crippen LogP contribution < -0.4 is 15.4 Å². The van der Waals surface area contributed by atoms with Crippen molar-refractivity contribution in [2.75, 3.05) is 6.61 Å². The summed E-state index contributed by atoms with van der Waals surface area (Å²) in [7, 11) is 0. The lowest BCUT2D eigenvalue weighted by atomic mass is 10.1. The second-order valence-corrected chi connectivity index (χ2v) is 8.28. The maximum absolute atomic E-state index is 12.8. The summed E-state index contributed by atoms with van der Waals surface area (Å²) in [5.41, 5.74) is 6.13. The highest BCUT2D eigenvalue weighted by atomic mass is 16.5. The number of nitrogens with one attached hydrogen (secondary N) is 2. The van der Waals surface area contributed by atoms with E-state index in [1.165, 1.54) is 23.5 Å². The van der Waals surface area contributed by atoms with E-state index in [2.05, 4.69) is 45.7 Å². The minimum atomic E-state index is -0.347. The molecular formula is C25H24N4O3. The highest BCUT2D eigenvalue weighted by Gasteiger charge is 2.25. The van der Waals surface area contributed by atoms with Crippen molar-refractivity contribution in [2.24, 2.45) is 0 Å². The molecule has 5 rings (SSSR count). The lowest BCUT2D eigenvalue weighted by Crippen LogP contribution is -2.29. The van der Waals surface area contributed by atoms with Crippen molar-refractivity contribution < 1.29 is 14.3 Å². The van der Waals surface area contributed by atoms with Crippen LogP contribution in [0.3, 0.4) is 0 Å². The Kier molecular flexibility index (Phi) is 5.31. The molecule has 2 aromatic carbocycles. The van der Waals surface area contributed by atoms with E-state index in [1.54, 1.807) is 0 Å². The average molecular weight is 428 g/mol. The Morgan fingerprint density at radius 2 is 1.84 bits per heavy atom. The van der Waals surface area contributed by atoms with Crippen LogP contribution in [0.4, 0.5) is 0 Å². The molecule has 0 fully saturated rings. The van der Waals surface area contributed by atoms with Crippen LogP contribution in [-0.4, -0.2) is 28.4 Å². The Morgan fingerprint density at radius 3 is 2.72 bits per heavy atom. The number of nitrogens with zero attached hydrogens (tertiary/aromatic N) is 2. The third-order valence-electron chi connectivity index (χ3n) is 6.02. The van der Waals surface area contributed by atoms with Crippen LogP contribution >= 0.6 is 0 Å². The largest absolute Gasteiger partial charge is 0.493 e. The van der Waals surface area contributed by atoms with Crippen molar-refractivity contribution >= 4 is 11.8 Å². The number of rotatable bonds is 5. The molecule has 2 amide bonds. The molecule has 1 aliphatic heterocycles. The highest BCUT2D eigenvalue weighted by molar-refractivity contribution is 5.97. The van der Waals surface area contributed by atoms with Gasteiger partial charge in [0.1, 0.15) is 23.5 Å². The van der Waals surface area contributed by atoms with Gasteiger partial charge in [-0.2, -0.15) is 0 Å². The van der Waals surface area contributed by atoms with Crippen molar-refractivity contribution in [3.05, 3.63) is 88.0 Å². The van der Waals surface area contributed by atoms with Crippen molar-refractivity contribution in [1.29, 1.82) is 0 Å². The summed E-state index contributed by atoms with van der Waals surface area (Å²) >= 11 is 0. The number of amides is 2. The van der Waals surface area contributed by atoms with E-state index in [9.17, 15) is 9.59 Å². The number of hydrogen-bond donors (Lipinski definition) is 2. The van der Waals surface area contributed by atoms with Crippen molar-refractivity contribution in [3.63, 3.8) is 0 Å². The van der Waals surface area contributed by atoms with Crippen LogP contribution in [0.1, 0.15) is 61.3 Å². The average Bonchev–Trinajstić information content (AvgIpc) is 3.43. The maximum atomic E-state index is 12.8. The molecule has 3 aromatic rings. The first-order valence-corrected chi connectivity index (χ1v) is 10.8. The standard InChI is InChI=1S/C25H24N4O3/c1-15-2-5-19-17(10-15)4-6-20(19)29-25(31)22-12-21(27-14-28-22)24(30)26-13-16-3-7-23-18(11-16)8-9-32-23/h2-3,5,7,10-12,14,20H,4,6,8-9,13H2,1H3,(H,26,30)(H,29,31)/t20-/m0/s1. The summed E-state index contributed by atoms with van der Waals surface area (Å²) < 4.78 is 5.51. The fourth-order valence-electron chi connectivity index (χ4n) is 4.36. The molecule has 162 valence electrons. The third kappa shape index (κ3) is 4.06. The fraction of sp³-hybridized carbons (Fsp3) is 0.280. The van der Waals surface area contributed by atoms with E-state index in [0.717, 1.165) is 41.7 Å². The zero-order valence-corrected chi connectivity index (χ0v) is 17.9. The molecule has 1 atom stereocenters. The Morgan fingerprint density at radius 1 is 1.00 bits per heavy atom. The van der Waals surface area contributed by atoms with Gasteiger partial charge in [-0.25, -0.2) is 9.97 Å². The number of carbonyl (C=O) groups is 2. The topological polar surface area (TPSA) is 93.2 Å². The fourth-order valence-corrected chi connectivity index (χ4v) is 4.36. The molecule has 7 nitrogen and oxygen atoms in total. The van der Waals surface area contributed by atoms with Crippen LogP contribution in [0.25, 0.3) is 0 Å². The highest BCUT2D eigenvalue weighted by Crippen LogP contribution is 2.31. The second kappa shape index (κ2) is 8.42. The molecular weight excluding hydrogens is 404 g/mol. The Balaban J connectivity index is 1.23. The quantitative estimate of drug-likeness (QED) is 0.652. The maximum Gasteiger partial charge on any atom is 0.270 e. The first-order chi connectivity index (χ1) is 15.6. The number of aryl methyl sites for hydroxylation is 2. The van der Waals surface area contributed by atoms with E-state index in [0.29, 0.717) is 13.2 Å². The van der Waals surface area contributed by atoms with Gasteiger partial charge in [0.25, 0.3) is 11.8 Å². The van der Waals surface area contributed by atoms with E-state index in [-0.39, 0.29) is 29.2 Å². The molecule has 0 bridgehead atoms. The second-order valence-electron chi connectivity index (χ2n) is 8.28. The van der Waals surface area contributed by atoms with Gasteiger partial charge in [0.2, 0.25) is 0 Å². The summed E-state index contributed by atoms with van der Waals surface area (Å²) in [5, 5.41) is 5.91. The molecule has 2 N–H and O–H groups in total. The van der Waals surface area contributed by atoms with Crippen molar-refractivity contribution in [3.8, 4) is 5.75 Å². The van der Waals surface area contributed by atoms with Gasteiger partial charge in [0, 0.05) is 19.0 Å². The minimum Gasteiger partial charge on any atom is -0.493 e. The van der Waals surface area contributed by atoms with Gasteiger partial charge in [-0.3, -0.25) is 9.59 Å². The number of aromatic nitrogens is 2. The predicted molar refractivity (Wildman–Crippen MR) is 119 cm³/mol. The van der Waals surface area contributed by atoms with Gasteiger partial charge in [-0.1, -0.05) is 35.9 Å². The van der Waals surface area contributed by atoms with E-state index >= 15 is 0 Å². The SMILES string of the molecule is Cc1ccc2c(c1)CC[C@@H]2NC(=O)c1cc(C(=O)NCc2ccc3c(c2)CCO3)ncn1. The first kappa shape index (κ1) is 20.2. The molecule has 0 saturated heterocycles. The van der Waals surface area contributed by atoms with Gasteiger partial charge in [0.05, 0.1) is 12.6 Å². The molecule has 2 aliphatic rings. The Hall–Kier alpha value is -3.74. The van der Waals surface area contributed by atoms with E-state index < -0.39 is 0 Å². The Bertz CT molecular complexity index is 1210. The number of benzene rings is 2. The van der Waals surface area contributed by atoms with Gasteiger partial charge >= 0.3 is 0 Å². The monoisotopic (exact) mass is 428 g/mol. The van der Waals surface area contributed by atoms with Crippen LogP contribution in [0.2, 0.25) is 0 Å². The molecule has 7 heteroatoms. The van der Waals surface area contributed by atoms with Crippen LogP contribution in [-0.2, 0) is 19.4 Å². The predicted octanol–water partition coefficient (Wildman–Crippen LogP) is 3.07. The van der Waals surface area contributed by atoms with Gasteiger partial charge < -0.3 is 15.4 Å². The number of carbonyl (C=O) groups excluding carboxylic acids is 2. The zero-order chi connectivity index (χ0) is 22.1. The molecule has 0 radical (unpaired) electrons. The van der Waals surface area contributed by atoms with Gasteiger partial charge in [-0.15, -0.1) is 0 Å². The molecule has 32 heavy (non-hydrogen) atoms. The van der Waals surface area contributed by atoms with Gasteiger partial charge in [-0.05, 0) is 48.1 Å². The van der Waals surface area contributed by atoms with E-state index in [1.807, 2.05) is 18.2 Å². The summed E-state index contributed by atoms with van der Waals surface area (Å²) in [4.78, 5) is 33.5. The molecule has 1 aromatic heterocycles. The normalized spacial score (nSPS) is 16.1. The van der Waals surface area contributed by atoms with Crippen LogP contribution in [0.15, 0.2) is 48.8 Å². The van der Waals surface area contributed by atoms with Crippen molar-refractivity contribution in [1.82, 2.24) is 20.6 Å². The van der Waals surface area contributed by atoms with Crippen LogP contribution in [0.5, 0.6) is 5.75 Å². The van der Waals surface area contributed by atoms with E-state index in [4.69, 9.17) is 4.74 Å². The molecule has 1 aliphatic carbocycles. The molecule has 0 unspecified atom stereocenters. The zero-order valence-electron chi connectivity index (χ0n) is 17.9. The summed E-state index contributed by atoms with van der Waals surface area (Å²) in [6, 6.07) is 13.6. The third-order valence-corrected chi connectivity index (χ3v) is 6.02. The molecule has 2 heterocycles. The first-order valence-electron chi connectivity index (χ1n) is 10.8. The van der Waals surface area contributed by atoms with Crippen LogP contribution in [0, 0.1) is 6.92 Å². The summed E-state index contributed by atoms with van der Waals surface area (Å²) in [6.45, 7) is 3.14. The molecule has 0 spiro atoms. The van der Waals surface area contributed by atoms with Crippen molar-refractivity contribution in [2.45, 2.75) is 38.8 Å². The summed E-state index contributed by atoms with van der Waals surface area (Å²) in [6.07, 6.45) is 3.93. The molecule has 0 saturated carbocycles. The minimum absolute atomic E-state index is 0.0471. The Labute approximate surface area is 186 Å². The summed E-state index contributed by atoms with van der Waals surface area (Å²) in [5.74, 6) is 0.255. The lowest BCUT2D eigenvalue weighted by molar-refractivity contribution is 0.0931. The number of hydrogen-bond acceptors (Lipinski definition) is 5. The number of fused-ring (bicyclic) bond motifs is 2. The smallest absolute Gasteiger partial charge is 0.270 e. The lowest BCUT2D eigenvalue weighted by Gasteiger charge is -2.14. The number of ether oxygens (including phenoxy) is 1.